The van der Waals surface area contributed by atoms with E-state index in [-0.39, 0.29) is 17.6 Å². The van der Waals surface area contributed by atoms with Crippen LogP contribution in [0.5, 0.6) is 5.75 Å². The van der Waals surface area contributed by atoms with Crippen molar-refractivity contribution in [2.75, 3.05) is 18.6 Å². The standard InChI is InChI=1S/C24H22ClFN2O2/c1-15(29)20-10-11-28(20)22-9-6-16(14-27-22)12-18-7-8-21(30-2)23(24(18)26)17-4-3-5-19(25)13-17/h3-9,13-14,20H,10-12H2,1-2H3/t20-/m1/s1. The number of carbonyl (C=O) groups is 1. The molecule has 2 aromatic carbocycles. The number of aromatic nitrogens is 1. The molecule has 4 rings (SSSR count). The Morgan fingerprint density at radius 2 is 2.10 bits per heavy atom. The van der Waals surface area contributed by atoms with Gasteiger partial charge in [-0.05, 0) is 54.3 Å². The van der Waals surface area contributed by atoms with E-state index >= 15 is 4.39 Å². The van der Waals surface area contributed by atoms with E-state index in [1.54, 1.807) is 43.5 Å². The first-order valence-corrected chi connectivity index (χ1v) is 10.2. The van der Waals surface area contributed by atoms with Gasteiger partial charge < -0.3 is 9.64 Å². The van der Waals surface area contributed by atoms with Crippen LogP contribution < -0.4 is 9.64 Å². The van der Waals surface area contributed by atoms with Crippen LogP contribution in [0, 0.1) is 5.82 Å². The van der Waals surface area contributed by atoms with Gasteiger partial charge in [-0.1, -0.05) is 35.9 Å². The molecule has 6 heteroatoms. The zero-order chi connectivity index (χ0) is 21.3. The molecule has 1 saturated heterocycles. The first-order chi connectivity index (χ1) is 14.5. The van der Waals surface area contributed by atoms with Crippen LogP contribution in [-0.2, 0) is 11.2 Å². The highest BCUT2D eigenvalue weighted by atomic mass is 35.5. The van der Waals surface area contributed by atoms with Gasteiger partial charge in [0.25, 0.3) is 0 Å². The van der Waals surface area contributed by atoms with Gasteiger partial charge >= 0.3 is 0 Å². The Morgan fingerprint density at radius 1 is 1.27 bits per heavy atom. The van der Waals surface area contributed by atoms with Gasteiger partial charge in [-0.3, -0.25) is 4.79 Å². The predicted molar refractivity (Wildman–Crippen MR) is 117 cm³/mol. The largest absolute Gasteiger partial charge is 0.496 e. The first-order valence-electron chi connectivity index (χ1n) is 9.81. The number of Topliss-reactive ketones (excluding diaryl/α,β-unsaturated/α-hetero) is 1. The molecule has 1 aliphatic heterocycles. The van der Waals surface area contributed by atoms with Gasteiger partial charge in [0.05, 0.1) is 18.7 Å². The molecule has 30 heavy (non-hydrogen) atoms. The van der Waals surface area contributed by atoms with Gasteiger partial charge in [-0.15, -0.1) is 0 Å². The lowest BCUT2D eigenvalue weighted by Crippen LogP contribution is -2.52. The normalized spacial score (nSPS) is 15.6. The molecule has 2 heterocycles. The van der Waals surface area contributed by atoms with E-state index < -0.39 is 0 Å². The lowest BCUT2D eigenvalue weighted by molar-refractivity contribution is -0.119. The summed E-state index contributed by atoms with van der Waals surface area (Å²) in [6.45, 7) is 2.43. The molecule has 3 aromatic rings. The fraction of sp³-hybridized carbons (Fsp3) is 0.250. The Bertz CT molecular complexity index is 1090. The van der Waals surface area contributed by atoms with Gasteiger partial charge in [-0.2, -0.15) is 0 Å². The van der Waals surface area contributed by atoms with E-state index in [0.717, 1.165) is 24.3 Å². The van der Waals surface area contributed by atoms with E-state index in [1.165, 1.54) is 7.11 Å². The number of rotatable bonds is 6. The fourth-order valence-electron chi connectivity index (χ4n) is 3.82. The lowest BCUT2D eigenvalue weighted by Gasteiger charge is -2.40. The highest BCUT2D eigenvalue weighted by Crippen LogP contribution is 2.36. The van der Waals surface area contributed by atoms with Crippen LogP contribution in [0.15, 0.2) is 54.7 Å². The molecule has 0 radical (unpaired) electrons. The van der Waals surface area contributed by atoms with Crippen LogP contribution in [0.25, 0.3) is 11.1 Å². The highest BCUT2D eigenvalue weighted by molar-refractivity contribution is 6.30. The summed E-state index contributed by atoms with van der Waals surface area (Å²) in [4.78, 5) is 18.1. The van der Waals surface area contributed by atoms with Gasteiger partial charge in [0.2, 0.25) is 0 Å². The zero-order valence-corrected chi connectivity index (χ0v) is 17.6. The monoisotopic (exact) mass is 424 g/mol. The summed E-state index contributed by atoms with van der Waals surface area (Å²) in [5.41, 5.74) is 2.50. The maximum Gasteiger partial charge on any atom is 0.152 e. The summed E-state index contributed by atoms with van der Waals surface area (Å²) in [5, 5.41) is 0.536. The van der Waals surface area contributed by atoms with Crippen molar-refractivity contribution in [3.63, 3.8) is 0 Å². The summed E-state index contributed by atoms with van der Waals surface area (Å²) in [7, 11) is 1.52. The quantitative estimate of drug-likeness (QED) is 0.538. The molecule has 1 aromatic heterocycles. The van der Waals surface area contributed by atoms with E-state index in [4.69, 9.17) is 16.3 Å². The van der Waals surface area contributed by atoms with E-state index in [9.17, 15) is 4.79 Å². The third kappa shape index (κ3) is 3.90. The molecule has 1 atom stereocenters. The number of anilines is 1. The van der Waals surface area contributed by atoms with Crippen LogP contribution >= 0.6 is 11.6 Å². The van der Waals surface area contributed by atoms with Crippen molar-refractivity contribution >= 4 is 23.2 Å². The second-order valence-corrected chi connectivity index (χ2v) is 7.87. The number of benzene rings is 2. The summed E-state index contributed by atoms with van der Waals surface area (Å²) < 4.78 is 20.8. The Morgan fingerprint density at radius 3 is 2.70 bits per heavy atom. The molecule has 1 fully saturated rings. The Kier molecular flexibility index (Phi) is 5.73. The van der Waals surface area contributed by atoms with Crippen molar-refractivity contribution in [2.45, 2.75) is 25.8 Å². The van der Waals surface area contributed by atoms with Crippen LogP contribution in [0.1, 0.15) is 24.5 Å². The highest BCUT2D eigenvalue weighted by Gasteiger charge is 2.32. The maximum atomic E-state index is 15.4. The number of methoxy groups -OCH3 is 1. The van der Waals surface area contributed by atoms with Crippen LogP contribution in [-0.4, -0.2) is 30.5 Å². The molecule has 4 nitrogen and oxygen atoms in total. The molecule has 0 spiro atoms. The smallest absolute Gasteiger partial charge is 0.152 e. The van der Waals surface area contributed by atoms with Crippen LogP contribution in [0.3, 0.4) is 0 Å². The molecule has 0 bridgehead atoms. The van der Waals surface area contributed by atoms with Crippen molar-refractivity contribution in [3.8, 4) is 16.9 Å². The summed E-state index contributed by atoms with van der Waals surface area (Å²) >= 11 is 6.10. The number of ether oxygens (including phenoxy) is 1. The van der Waals surface area contributed by atoms with Crippen molar-refractivity contribution in [1.82, 2.24) is 4.98 Å². The molecule has 1 aliphatic rings. The number of pyridine rings is 1. The minimum atomic E-state index is -0.333. The van der Waals surface area contributed by atoms with Crippen molar-refractivity contribution in [3.05, 3.63) is 76.7 Å². The molecular formula is C24H22ClFN2O2. The third-order valence-corrected chi connectivity index (χ3v) is 5.74. The van der Waals surface area contributed by atoms with E-state index in [0.29, 0.717) is 33.9 Å². The Labute approximate surface area is 180 Å². The molecule has 0 unspecified atom stereocenters. The van der Waals surface area contributed by atoms with Gasteiger partial charge in [0.1, 0.15) is 17.4 Å². The van der Waals surface area contributed by atoms with Gasteiger partial charge in [-0.25, -0.2) is 9.37 Å². The zero-order valence-electron chi connectivity index (χ0n) is 16.9. The van der Waals surface area contributed by atoms with E-state index in [2.05, 4.69) is 4.98 Å². The van der Waals surface area contributed by atoms with E-state index in [1.807, 2.05) is 23.1 Å². The number of hydrogen-bond donors (Lipinski definition) is 0. The first kappa shape index (κ1) is 20.4. The molecule has 0 aliphatic carbocycles. The molecule has 154 valence electrons. The summed E-state index contributed by atoms with van der Waals surface area (Å²) in [6.07, 6.45) is 3.00. The van der Waals surface area contributed by atoms with Crippen LogP contribution in [0.2, 0.25) is 5.02 Å². The number of carbonyl (C=O) groups excluding carboxylic acids is 1. The number of nitrogens with zero attached hydrogens (tertiary/aromatic N) is 2. The molecular weight excluding hydrogens is 403 g/mol. The van der Waals surface area contributed by atoms with Crippen molar-refractivity contribution < 1.29 is 13.9 Å². The number of ketones is 1. The van der Waals surface area contributed by atoms with Crippen molar-refractivity contribution in [1.29, 1.82) is 0 Å². The number of halogens is 2. The Hall–Kier alpha value is -2.92. The van der Waals surface area contributed by atoms with Gasteiger partial charge in [0.15, 0.2) is 5.78 Å². The average Bonchev–Trinajstić information content (AvgIpc) is 2.69. The second kappa shape index (κ2) is 8.44. The Balaban J connectivity index is 1.61. The van der Waals surface area contributed by atoms with Crippen LogP contribution in [0.4, 0.5) is 10.2 Å². The SMILES string of the molecule is COc1ccc(Cc2ccc(N3CC[C@@H]3C(C)=O)nc2)c(F)c1-c1cccc(Cl)c1. The third-order valence-electron chi connectivity index (χ3n) is 5.50. The number of hydrogen-bond acceptors (Lipinski definition) is 4. The minimum Gasteiger partial charge on any atom is -0.496 e. The topological polar surface area (TPSA) is 42.4 Å². The summed E-state index contributed by atoms with van der Waals surface area (Å²) in [5.74, 6) is 1.06. The minimum absolute atomic E-state index is 0.0809. The van der Waals surface area contributed by atoms with Gasteiger partial charge in [0, 0.05) is 24.2 Å². The average molecular weight is 425 g/mol. The molecule has 0 N–H and O–H groups in total. The summed E-state index contributed by atoms with van der Waals surface area (Å²) in [6, 6.07) is 14.3. The molecule has 0 amide bonds. The predicted octanol–water partition coefficient (Wildman–Crippen LogP) is 5.31. The fourth-order valence-corrected chi connectivity index (χ4v) is 4.01. The molecule has 0 saturated carbocycles. The second-order valence-electron chi connectivity index (χ2n) is 7.44. The van der Waals surface area contributed by atoms with Crippen molar-refractivity contribution in [2.24, 2.45) is 0 Å². The maximum absolute atomic E-state index is 15.4. The lowest BCUT2D eigenvalue weighted by atomic mass is 9.97.